The SMILES string of the molecule is CCP(C)N1CCNCC1. The van der Waals surface area contributed by atoms with Gasteiger partial charge in [-0.1, -0.05) is 6.92 Å². The Bertz CT molecular complexity index is 91.6. The second-order valence-electron chi connectivity index (χ2n) is 2.68. The Labute approximate surface area is 64.8 Å². The van der Waals surface area contributed by atoms with Gasteiger partial charge in [-0.25, -0.2) is 0 Å². The second-order valence-corrected chi connectivity index (χ2v) is 5.19. The number of piperazine rings is 1. The van der Waals surface area contributed by atoms with Gasteiger partial charge in [0.1, 0.15) is 0 Å². The van der Waals surface area contributed by atoms with Gasteiger partial charge in [0.2, 0.25) is 0 Å². The van der Waals surface area contributed by atoms with E-state index in [1.54, 1.807) is 0 Å². The minimum atomic E-state index is 0.197. The predicted molar refractivity (Wildman–Crippen MR) is 47.8 cm³/mol. The molecule has 0 aromatic rings. The van der Waals surface area contributed by atoms with E-state index >= 15 is 0 Å². The summed E-state index contributed by atoms with van der Waals surface area (Å²) in [4.78, 5) is 0. The molecule has 1 heterocycles. The van der Waals surface area contributed by atoms with Crippen LogP contribution in [0.5, 0.6) is 0 Å². The van der Waals surface area contributed by atoms with E-state index in [1.807, 2.05) is 0 Å². The Morgan fingerprint density at radius 3 is 2.50 bits per heavy atom. The van der Waals surface area contributed by atoms with Crippen LogP contribution >= 0.6 is 8.07 Å². The normalized spacial score (nSPS) is 24.6. The van der Waals surface area contributed by atoms with Crippen LogP contribution in [0.2, 0.25) is 0 Å². The molecule has 0 saturated carbocycles. The summed E-state index contributed by atoms with van der Waals surface area (Å²) >= 11 is 0. The van der Waals surface area contributed by atoms with Gasteiger partial charge in [-0.05, 0) is 20.9 Å². The third kappa shape index (κ3) is 2.19. The fourth-order valence-electron chi connectivity index (χ4n) is 1.19. The Morgan fingerprint density at radius 2 is 2.00 bits per heavy atom. The summed E-state index contributed by atoms with van der Waals surface area (Å²) in [7, 11) is 0.197. The van der Waals surface area contributed by atoms with Crippen LogP contribution in [0.1, 0.15) is 6.92 Å². The van der Waals surface area contributed by atoms with Crippen LogP contribution in [0, 0.1) is 0 Å². The van der Waals surface area contributed by atoms with E-state index in [4.69, 9.17) is 0 Å². The minimum Gasteiger partial charge on any atom is -0.314 e. The van der Waals surface area contributed by atoms with Crippen molar-refractivity contribution in [1.29, 1.82) is 0 Å². The third-order valence-corrected chi connectivity index (χ3v) is 4.31. The highest BCUT2D eigenvalue weighted by molar-refractivity contribution is 7.54. The monoisotopic (exact) mass is 160 g/mol. The molecule has 1 saturated heterocycles. The average Bonchev–Trinajstić information content (AvgIpc) is 2.05. The zero-order chi connectivity index (χ0) is 7.40. The largest absolute Gasteiger partial charge is 0.314 e. The molecular formula is C7H17N2P. The first kappa shape index (κ1) is 8.45. The molecule has 1 rings (SSSR count). The van der Waals surface area contributed by atoms with Crippen molar-refractivity contribution in [3.63, 3.8) is 0 Å². The molecule has 1 aliphatic heterocycles. The number of hydrogen-bond donors (Lipinski definition) is 1. The Morgan fingerprint density at radius 1 is 1.40 bits per heavy atom. The summed E-state index contributed by atoms with van der Waals surface area (Å²) in [5.41, 5.74) is 0. The zero-order valence-electron chi connectivity index (χ0n) is 6.93. The molecule has 60 valence electrons. The third-order valence-electron chi connectivity index (χ3n) is 2.03. The first-order valence-electron chi connectivity index (χ1n) is 4.01. The minimum absolute atomic E-state index is 0.197. The molecular weight excluding hydrogens is 143 g/mol. The molecule has 1 aliphatic rings. The lowest BCUT2D eigenvalue weighted by atomic mass is 10.4. The van der Waals surface area contributed by atoms with Crippen molar-refractivity contribution in [1.82, 2.24) is 9.99 Å². The van der Waals surface area contributed by atoms with E-state index in [9.17, 15) is 0 Å². The van der Waals surface area contributed by atoms with E-state index in [1.165, 1.54) is 32.3 Å². The molecule has 10 heavy (non-hydrogen) atoms. The standard InChI is InChI=1S/C7H17N2P/c1-3-10(2)9-6-4-8-5-7-9/h8H,3-7H2,1-2H3. The molecule has 0 aromatic heterocycles. The molecule has 0 spiro atoms. The van der Waals surface area contributed by atoms with Crippen LogP contribution in [0.4, 0.5) is 0 Å². The Hall–Kier alpha value is 0.350. The van der Waals surface area contributed by atoms with Gasteiger partial charge in [-0.3, -0.25) is 4.67 Å². The van der Waals surface area contributed by atoms with Gasteiger partial charge in [0, 0.05) is 26.2 Å². The lowest BCUT2D eigenvalue weighted by Gasteiger charge is -2.32. The number of rotatable bonds is 2. The van der Waals surface area contributed by atoms with Crippen LogP contribution in [0.3, 0.4) is 0 Å². The van der Waals surface area contributed by atoms with Gasteiger partial charge in [0.25, 0.3) is 0 Å². The molecule has 1 unspecified atom stereocenters. The highest BCUT2D eigenvalue weighted by atomic mass is 31.1. The Balaban J connectivity index is 2.24. The first-order chi connectivity index (χ1) is 4.84. The molecule has 0 aromatic carbocycles. The highest BCUT2D eigenvalue weighted by Gasteiger charge is 2.13. The fourth-order valence-corrected chi connectivity index (χ4v) is 2.48. The maximum atomic E-state index is 3.36. The zero-order valence-corrected chi connectivity index (χ0v) is 7.82. The van der Waals surface area contributed by atoms with Gasteiger partial charge >= 0.3 is 0 Å². The van der Waals surface area contributed by atoms with E-state index in [-0.39, 0.29) is 8.07 Å². The molecule has 0 bridgehead atoms. The molecule has 0 aliphatic carbocycles. The van der Waals surface area contributed by atoms with Crippen LogP contribution in [0.15, 0.2) is 0 Å². The van der Waals surface area contributed by atoms with Crippen molar-refractivity contribution in [3.8, 4) is 0 Å². The highest BCUT2D eigenvalue weighted by Crippen LogP contribution is 2.34. The average molecular weight is 160 g/mol. The summed E-state index contributed by atoms with van der Waals surface area (Å²) in [5, 5.41) is 3.36. The summed E-state index contributed by atoms with van der Waals surface area (Å²) < 4.78 is 2.62. The molecule has 1 N–H and O–H groups in total. The maximum Gasteiger partial charge on any atom is 0.0147 e. The van der Waals surface area contributed by atoms with Crippen molar-refractivity contribution in [2.75, 3.05) is 39.0 Å². The maximum absolute atomic E-state index is 3.36. The van der Waals surface area contributed by atoms with Gasteiger partial charge in [0.15, 0.2) is 0 Å². The van der Waals surface area contributed by atoms with Gasteiger partial charge in [0.05, 0.1) is 0 Å². The molecule has 0 radical (unpaired) electrons. The van der Waals surface area contributed by atoms with Crippen LogP contribution < -0.4 is 5.32 Å². The van der Waals surface area contributed by atoms with Crippen LogP contribution in [-0.4, -0.2) is 43.7 Å². The Kier molecular flexibility index (Phi) is 3.61. The van der Waals surface area contributed by atoms with E-state index in [0.29, 0.717) is 0 Å². The summed E-state index contributed by atoms with van der Waals surface area (Å²) in [6, 6.07) is 0. The van der Waals surface area contributed by atoms with Gasteiger partial charge in [-0.2, -0.15) is 0 Å². The lowest BCUT2D eigenvalue weighted by Crippen LogP contribution is -2.40. The molecule has 1 fully saturated rings. The number of nitrogens with zero attached hydrogens (tertiary/aromatic N) is 1. The summed E-state index contributed by atoms with van der Waals surface area (Å²) in [6.45, 7) is 9.56. The molecule has 2 nitrogen and oxygen atoms in total. The second kappa shape index (κ2) is 4.27. The van der Waals surface area contributed by atoms with Crippen molar-refractivity contribution in [2.24, 2.45) is 0 Å². The van der Waals surface area contributed by atoms with Crippen LogP contribution in [-0.2, 0) is 0 Å². The predicted octanol–water partition coefficient (Wildman–Crippen LogP) is 0.938. The molecule has 0 amide bonds. The van der Waals surface area contributed by atoms with E-state index in [0.717, 1.165) is 0 Å². The number of hydrogen-bond acceptors (Lipinski definition) is 2. The van der Waals surface area contributed by atoms with Crippen molar-refractivity contribution in [3.05, 3.63) is 0 Å². The van der Waals surface area contributed by atoms with E-state index < -0.39 is 0 Å². The quantitative estimate of drug-likeness (QED) is 0.605. The van der Waals surface area contributed by atoms with Crippen molar-refractivity contribution >= 4 is 8.07 Å². The fraction of sp³-hybridized carbons (Fsp3) is 1.00. The molecule has 3 heteroatoms. The lowest BCUT2D eigenvalue weighted by molar-refractivity contribution is 0.386. The van der Waals surface area contributed by atoms with Crippen LogP contribution in [0.25, 0.3) is 0 Å². The topological polar surface area (TPSA) is 15.3 Å². The van der Waals surface area contributed by atoms with Crippen molar-refractivity contribution < 1.29 is 0 Å². The summed E-state index contributed by atoms with van der Waals surface area (Å²) in [6.07, 6.45) is 1.34. The van der Waals surface area contributed by atoms with Crippen molar-refractivity contribution in [2.45, 2.75) is 6.92 Å². The van der Waals surface area contributed by atoms with E-state index in [2.05, 4.69) is 23.6 Å². The smallest absolute Gasteiger partial charge is 0.0147 e. The van der Waals surface area contributed by atoms with Gasteiger partial charge in [-0.15, -0.1) is 0 Å². The van der Waals surface area contributed by atoms with Gasteiger partial charge < -0.3 is 5.32 Å². The summed E-state index contributed by atoms with van der Waals surface area (Å²) in [5.74, 6) is 0. The first-order valence-corrected chi connectivity index (χ1v) is 5.94. The molecule has 1 atom stereocenters. The number of nitrogens with one attached hydrogen (secondary N) is 1.